The van der Waals surface area contributed by atoms with Crippen LogP contribution in [0.15, 0.2) is 97.1 Å². The summed E-state index contributed by atoms with van der Waals surface area (Å²) in [5, 5.41) is 9.83. The summed E-state index contributed by atoms with van der Waals surface area (Å²) in [6, 6.07) is 37.4. The second kappa shape index (κ2) is 10.8. The predicted octanol–water partition coefficient (Wildman–Crippen LogP) is 5.83. The second-order valence-corrected chi connectivity index (χ2v) is 14.7. The van der Waals surface area contributed by atoms with Gasteiger partial charge in [0, 0.05) is 24.4 Å². The lowest BCUT2D eigenvalue weighted by Crippen LogP contribution is -2.34. The maximum Gasteiger partial charge on any atom is 0.00822 e. The highest BCUT2D eigenvalue weighted by atomic mass is 31.1. The zero-order chi connectivity index (χ0) is 24.4. The minimum Gasteiger partial charge on any atom is -0.315 e. The van der Waals surface area contributed by atoms with Crippen molar-refractivity contribution in [1.82, 2.24) is 5.32 Å². The molecule has 5 rings (SSSR count). The van der Waals surface area contributed by atoms with Crippen LogP contribution in [-0.4, -0.2) is 24.4 Å². The number of nitrogens with one attached hydrogen (secondary N) is 1. The Morgan fingerprint density at radius 2 is 0.657 bits per heavy atom. The Morgan fingerprint density at radius 3 is 0.886 bits per heavy atom. The standard InChI is InChI=1S/C32H35NP2/c1-23-5-13-27(14-6-23)34(28-15-7-24(2)8-16-28)31-21-33-22-32(31)35(29-17-9-25(3)10-18-29)30-19-11-26(4)12-20-30/h5-20,31-33H,21-22H2,1-4H3/t31-,32-/m1/s1. The first-order valence-electron chi connectivity index (χ1n) is 12.6. The topological polar surface area (TPSA) is 12.0 Å². The molecule has 2 atom stereocenters. The van der Waals surface area contributed by atoms with Crippen LogP contribution in [-0.2, 0) is 0 Å². The Labute approximate surface area is 213 Å². The molecule has 0 amide bonds. The van der Waals surface area contributed by atoms with E-state index in [1.807, 2.05) is 0 Å². The Bertz CT molecular complexity index is 1050. The molecule has 0 aliphatic carbocycles. The van der Waals surface area contributed by atoms with Crippen LogP contribution < -0.4 is 26.5 Å². The molecule has 0 radical (unpaired) electrons. The first-order chi connectivity index (χ1) is 17.0. The van der Waals surface area contributed by atoms with Crippen LogP contribution in [0.25, 0.3) is 0 Å². The molecule has 1 fully saturated rings. The van der Waals surface area contributed by atoms with Gasteiger partial charge in [-0.2, -0.15) is 0 Å². The number of aryl methyl sites for hydroxylation is 4. The monoisotopic (exact) mass is 495 g/mol. The van der Waals surface area contributed by atoms with E-state index >= 15 is 0 Å². The Kier molecular flexibility index (Phi) is 7.50. The van der Waals surface area contributed by atoms with Crippen molar-refractivity contribution in [3.8, 4) is 0 Å². The Hall–Kier alpha value is -2.30. The number of benzene rings is 4. The van der Waals surface area contributed by atoms with E-state index in [2.05, 4.69) is 130 Å². The summed E-state index contributed by atoms with van der Waals surface area (Å²) in [7, 11) is -0.976. The average molecular weight is 496 g/mol. The smallest absolute Gasteiger partial charge is 0.00822 e. The molecule has 3 heteroatoms. The lowest BCUT2D eigenvalue weighted by Gasteiger charge is -2.35. The minimum atomic E-state index is -0.488. The molecule has 0 saturated carbocycles. The van der Waals surface area contributed by atoms with Gasteiger partial charge in [-0.1, -0.05) is 119 Å². The maximum absolute atomic E-state index is 3.84. The van der Waals surface area contributed by atoms with Gasteiger partial charge in [0.1, 0.15) is 0 Å². The van der Waals surface area contributed by atoms with Crippen molar-refractivity contribution < 1.29 is 0 Å². The third-order valence-electron chi connectivity index (χ3n) is 7.06. The molecule has 4 aromatic rings. The molecule has 178 valence electrons. The molecule has 0 bridgehead atoms. The summed E-state index contributed by atoms with van der Waals surface area (Å²) in [5.74, 6) is 0. The molecule has 1 nitrogen and oxygen atoms in total. The molecule has 0 unspecified atom stereocenters. The average Bonchev–Trinajstić information content (AvgIpc) is 3.33. The van der Waals surface area contributed by atoms with Gasteiger partial charge in [-0.15, -0.1) is 0 Å². The molecule has 1 N–H and O–H groups in total. The largest absolute Gasteiger partial charge is 0.315 e. The molecule has 35 heavy (non-hydrogen) atoms. The van der Waals surface area contributed by atoms with Crippen LogP contribution in [0, 0.1) is 27.7 Å². The van der Waals surface area contributed by atoms with E-state index in [1.165, 1.54) is 43.5 Å². The lowest BCUT2D eigenvalue weighted by atomic mass is 10.2. The quantitative estimate of drug-likeness (QED) is 0.332. The molecular weight excluding hydrogens is 460 g/mol. The fourth-order valence-electron chi connectivity index (χ4n) is 5.06. The van der Waals surface area contributed by atoms with E-state index in [4.69, 9.17) is 0 Å². The minimum absolute atomic E-state index is 0.488. The highest BCUT2D eigenvalue weighted by Crippen LogP contribution is 2.52. The number of rotatable bonds is 6. The number of hydrogen-bond acceptors (Lipinski definition) is 1. The van der Waals surface area contributed by atoms with Gasteiger partial charge in [0.15, 0.2) is 0 Å². The van der Waals surface area contributed by atoms with Crippen LogP contribution in [0.2, 0.25) is 0 Å². The van der Waals surface area contributed by atoms with Crippen molar-refractivity contribution in [1.29, 1.82) is 0 Å². The zero-order valence-electron chi connectivity index (χ0n) is 21.2. The second-order valence-electron chi connectivity index (χ2n) is 9.88. The van der Waals surface area contributed by atoms with Gasteiger partial charge in [-0.05, 0) is 64.8 Å². The first-order valence-corrected chi connectivity index (χ1v) is 15.4. The molecular formula is C32H35NP2. The van der Waals surface area contributed by atoms with Gasteiger partial charge in [-0.25, -0.2) is 0 Å². The van der Waals surface area contributed by atoms with Crippen molar-refractivity contribution >= 4 is 37.1 Å². The third kappa shape index (κ3) is 5.44. The summed E-state index contributed by atoms with van der Waals surface area (Å²) in [4.78, 5) is 0. The molecule has 1 aliphatic rings. The maximum atomic E-state index is 3.84. The Morgan fingerprint density at radius 1 is 0.429 bits per heavy atom. The van der Waals surface area contributed by atoms with Gasteiger partial charge in [-0.3, -0.25) is 0 Å². The van der Waals surface area contributed by atoms with Gasteiger partial charge in [0.2, 0.25) is 0 Å². The predicted molar refractivity (Wildman–Crippen MR) is 158 cm³/mol. The van der Waals surface area contributed by atoms with E-state index in [0.29, 0.717) is 11.3 Å². The van der Waals surface area contributed by atoms with Crippen molar-refractivity contribution in [3.63, 3.8) is 0 Å². The summed E-state index contributed by atoms with van der Waals surface area (Å²) >= 11 is 0. The van der Waals surface area contributed by atoms with Crippen LogP contribution in [0.5, 0.6) is 0 Å². The van der Waals surface area contributed by atoms with Gasteiger partial charge < -0.3 is 5.32 Å². The fraction of sp³-hybridized carbons (Fsp3) is 0.250. The van der Waals surface area contributed by atoms with E-state index in [0.717, 1.165) is 13.1 Å². The Balaban J connectivity index is 1.61. The summed E-state index contributed by atoms with van der Waals surface area (Å²) in [5.41, 5.74) is 6.49. The van der Waals surface area contributed by atoms with E-state index in [-0.39, 0.29) is 0 Å². The van der Waals surface area contributed by atoms with Gasteiger partial charge in [0.25, 0.3) is 0 Å². The zero-order valence-corrected chi connectivity index (χ0v) is 23.0. The summed E-state index contributed by atoms with van der Waals surface area (Å²) in [6.45, 7) is 10.9. The molecule has 0 aromatic heterocycles. The SMILES string of the molecule is Cc1ccc(P(c2ccc(C)cc2)[C@@H]2CNC[C@H]2P(c2ccc(C)cc2)c2ccc(C)cc2)cc1. The van der Waals surface area contributed by atoms with E-state index < -0.39 is 15.8 Å². The van der Waals surface area contributed by atoms with Crippen molar-refractivity contribution in [2.24, 2.45) is 0 Å². The lowest BCUT2D eigenvalue weighted by molar-refractivity contribution is 0.859. The summed E-state index contributed by atoms with van der Waals surface area (Å²) < 4.78 is 0. The van der Waals surface area contributed by atoms with Gasteiger partial charge >= 0.3 is 0 Å². The molecule has 1 aliphatic heterocycles. The fourth-order valence-corrected chi connectivity index (χ4v) is 11.4. The van der Waals surface area contributed by atoms with E-state index in [1.54, 1.807) is 0 Å². The summed E-state index contributed by atoms with van der Waals surface area (Å²) in [6.07, 6.45) is 0. The van der Waals surface area contributed by atoms with Crippen molar-refractivity contribution in [3.05, 3.63) is 119 Å². The van der Waals surface area contributed by atoms with Crippen molar-refractivity contribution in [2.45, 2.75) is 39.0 Å². The highest BCUT2D eigenvalue weighted by molar-refractivity contribution is 7.77. The highest BCUT2D eigenvalue weighted by Gasteiger charge is 2.40. The third-order valence-corrected chi connectivity index (χ3v) is 13.1. The van der Waals surface area contributed by atoms with Crippen LogP contribution in [0.4, 0.5) is 0 Å². The number of hydrogen-bond donors (Lipinski definition) is 1. The van der Waals surface area contributed by atoms with Crippen LogP contribution in [0.3, 0.4) is 0 Å². The molecule has 1 saturated heterocycles. The normalized spacial score (nSPS) is 17.9. The van der Waals surface area contributed by atoms with E-state index in [9.17, 15) is 0 Å². The van der Waals surface area contributed by atoms with Gasteiger partial charge in [0.05, 0.1) is 0 Å². The van der Waals surface area contributed by atoms with Crippen LogP contribution in [0.1, 0.15) is 22.3 Å². The molecule has 0 spiro atoms. The molecule has 4 aromatic carbocycles. The first kappa shape index (κ1) is 24.4. The molecule has 1 heterocycles. The van der Waals surface area contributed by atoms with Crippen LogP contribution >= 0.6 is 15.8 Å². The van der Waals surface area contributed by atoms with Crippen molar-refractivity contribution in [2.75, 3.05) is 13.1 Å².